The van der Waals surface area contributed by atoms with Crippen LogP contribution >= 0.6 is 0 Å². The van der Waals surface area contributed by atoms with E-state index in [2.05, 4.69) is 30.7 Å². The normalized spacial score (nSPS) is 13.0. The summed E-state index contributed by atoms with van der Waals surface area (Å²) < 4.78 is 33.1. The van der Waals surface area contributed by atoms with Crippen molar-refractivity contribution in [2.24, 2.45) is 0 Å². The van der Waals surface area contributed by atoms with E-state index in [4.69, 9.17) is 4.74 Å². The third-order valence-electron chi connectivity index (χ3n) is 4.08. The Morgan fingerprint density at radius 3 is 1.96 bits per heavy atom. The second-order valence-corrected chi connectivity index (χ2v) is 7.79. The van der Waals surface area contributed by atoms with Crippen molar-refractivity contribution in [2.75, 3.05) is 7.11 Å². The molecule has 0 spiro atoms. The molecule has 24 heavy (non-hydrogen) atoms. The molecule has 0 aromatic heterocycles. The molecule has 0 radical (unpaired) electrons. The Morgan fingerprint density at radius 1 is 0.958 bits per heavy atom. The molecule has 0 saturated heterocycles. The van der Waals surface area contributed by atoms with E-state index < -0.39 is 10.0 Å². The van der Waals surface area contributed by atoms with Gasteiger partial charge >= 0.3 is 0 Å². The smallest absolute Gasteiger partial charge is 0.241 e. The molecule has 0 aliphatic carbocycles. The second kappa shape index (κ2) is 7.81. The van der Waals surface area contributed by atoms with Crippen LogP contribution in [0, 0.1) is 0 Å². The summed E-state index contributed by atoms with van der Waals surface area (Å²) >= 11 is 0. The van der Waals surface area contributed by atoms with Gasteiger partial charge in [-0.25, -0.2) is 13.1 Å². The zero-order valence-corrected chi connectivity index (χ0v) is 15.4. The van der Waals surface area contributed by atoms with Gasteiger partial charge in [-0.05, 0) is 47.7 Å². The molecule has 1 N–H and O–H groups in total. The Labute approximate surface area is 144 Å². The lowest BCUT2D eigenvalue weighted by atomic mass is 9.98. The first-order valence-electron chi connectivity index (χ1n) is 8.13. The second-order valence-electron chi connectivity index (χ2n) is 6.08. The highest BCUT2D eigenvalue weighted by Crippen LogP contribution is 2.23. The summed E-state index contributed by atoms with van der Waals surface area (Å²) in [5, 5.41) is 0. The summed E-state index contributed by atoms with van der Waals surface area (Å²) in [6.07, 6.45) is 0.677. The van der Waals surface area contributed by atoms with E-state index >= 15 is 0 Å². The van der Waals surface area contributed by atoms with Crippen molar-refractivity contribution in [3.63, 3.8) is 0 Å². The SMILES string of the molecule is CCC(NS(=O)(=O)c1ccc(OC)cc1)c1ccc(C(C)C)cc1. The fourth-order valence-electron chi connectivity index (χ4n) is 2.51. The van der Waals surface area contributed by atoms with Gasteiger partial charge in [0, 0.05) is 6.04 Å². The number of hydrogen-bond donors (Lipinski definition) is 1. The minimum absolute atomic E-state index is 0.237. The predicted molar refractivity (Wildman–Crippen MR) is 96.9 cm³/mol. The monoisotopic (exact) mass is 347 g/mol. The minimum atomic E-state index is -3.58. The van der Waals surface area contributed by atoms with Crippen molar-refractivity contribution < 1.29 is 13.2 Å². The van der Waals surface area contributed by atoms with Crippen molar-refractivity contribution in [3.8, 4) is 5.75 Å². The first-order valence-corrected chi connectivity index (χ1v) is 9.62. The average molecular weight is 347 g/mol. The van der Waals surface area contributed by atoms with Crippen LogP contribution in [0.25, 0.3) is 0 Å². The molecular formula is C19H25NO3S. The summed E-state index contributed by atoms with van der Waals surface area (Å²) in [6.45, 7) is 6.24. The number of rotatable bonds is 7. The lowest BCUT2D eigenvalue weighted by Crippen LogP contribution is -2.28. The molecule has 4 nitrogen and oxygen atoms in total. The van der Waals surface area contributed by atoms with Crippen LogP contribution in [0.5, 0.6) is 5.75 Å². The molecule has 2 rings (SSSR count). The largest absolute Gasteiger partial charge is 0.497 e. The molecular weight excluding hydrogens is 322 g/mol. The van der Waals surface area contributed by atoms with E-state index in [1.807, 2.05) is 19.1 Å². The van der Waals surface area contributed by atoms with Crippen LogP contribution in [-0.2, 0) is 10.0 Å². The van der Waals surface area contributed by atoms with E-state index in [0.29, 0.717) is 18.1 Å². The van der Waals surface area contributed by atoms with Gasteiger partial charge in [-0.1, -0.05) is 45.0 Å². The average Bonchev–Trinajstić information content (AvgIpc) is 2.60. The van der Waals surface area contributed by atoms with Crippen LogP contribution in [0.4, 0.5) is 0 Å². The van der Waals surface area contributed by atoms with Crippen molar-refractivity contribution >= 4 is 10.0 Å². The fourth-order valence-corrected chi connectivity index (χ4v) is 3.82. The molecule has 0 aliphatic rings. The molecule has 2 aromatic carbocycles. The Balaban J connectivity index is 2.21. The quantitative estimate of drug-likeness (QED) is 0.815. The van der Waals surface area contributed by atoms with Gasteiger partial charge in [0.15, 0.2) is 0 Å². The zero-order chi connectivity index (χ0) is 17.7. The van der Waals surface area contributed by atoms with E-state index in [1.165, 1.54) is 5.56 Å². The van der Waals surface area contributed by atoms with Gasteiger partial charge in [0.05, 0.1) is 12.0 Å². The molecule has 0 fully saturated rings. The molecule has 0 saturated carbocycles. The molecule has 5 heteroatoms. The maximum atomic E-state index is 12.6. The third kappa shape index (κ3) is 4.36. The number of hydrogen-bond acceptors (Lipinski definition) is 3. The Hall–Kier alpha value is -1.85. The number of ether oxygens (including phenoxy) is 1. The van der Waals surface area contributed by atoms with Gasteiger partial charge in [-0.3, -0.25) is 0 Å². The minimum Gasteiger partial charge on any atom is -0.497 e. The van der Waals surface area contributed by atoms with Gasteiger partial charge < -0.3 is 4.74 Å². The van der Waals surface area contributed by atoms with Crippen LogP contribution in [0.3, 0.4) is 0 Å². The van der Waals surface area contributed by atoms with Gasteiger partial charge in [0.2, 0.25) is 10.0 Å². The number of benzene rings is 2. The number of nitrogens with one attached hydrogen (secondary N) is 1. The Kier molecular flexibility index (Phi) is 6.02. The number of sulfonamides is 1. The highest BCUT2D eigenvalue weighted by Gasteiger charge is 2.20. The first-order chi connectivity index (χ1) is 11.4. The van der Waals surface area contributed by atoms with Crippen molar-refractivity contribution in [3.05, 3.63) is 59.7 Å². The molecule has 1 atom stereocenters. The predicted octanol–water partition coefficient (Wildman–Crippen LogP) is 4.25. The molecule has 2 aromatic rings. The van der Waals surface area contributed by atoms with Crippen LogP contribution < -0.4 is 9.46 Å². The molecule has 0 bridgehead atoms. The topological polar surface area (TPSA) is 55.4 Å². The van der Waals surface area contributed by atoms with E-state index in [-0.39, 0.29) is 10.9 Å². The maximum Gasteiger partial charge on any atom is 0.241 e. The number of methoxy groups -OCH3 is 1. The van der Waals surface area contributed by atoms with Gasteiger partial charge in [-0.2, -0.15) is 0 Å². The Morgan fingerprint density at radius 2 is 1.50 bits per heavy atom. The van der Waals surface area contributed by atoms with Crippen molar-refractivity contribution in [1.82, 2.24) is 4.72 Å². The lowest BCUT2D eigenvalue weighted by Gasteiger charge is -2.18. The van der Waals surface area contributed by atoms with Crippen LogP contribution in [0.15, 0.2) is 53.4 Å². The maximum absolute atomic E-state index is 12.6. The van der Waals surface area contributed by atoms with Gasteiger partial charge in [-0.15, -0.1) is 0 Å². The van der Waals surface area contributed by atoms with Crippen LogP contribution in [0.1, 0.15) is 50.3 Å². The Bertz CT molecular complexity index is 750. The molecule has 0 aliphatic heterocycles. The van der Waals surface area contributed by atoms with Gasteiger partial charge in [0.1, 0.15) is 5.75 Å². The van der Waals surface area contributed by atoms with E-state index in [0.717, 1.165) is 5.56 Å². The summed E-state index contributed by atoms with van der Waals surface area (Å²) in [5.41, 5.74) is 2.21. The summed E-state index contributed by atoms with van der Waals surface area (Å²) in [6, 6.07) is 14.3. The molecule has 130 valence electrons. The fraction of sp³-hybridized carbons (Fsp3) is 0.368. The molecule has 0 amide bonds. The standard InChI is InChI=1S/C19H25NO3S/c1-5-19(16-8-6-15(7-9-16)14(2)3)20-24(21,22)18-12-10-17(23-4)11-13-18/h6-14,19-20H,5H2,1-4H3. The highest BCUT2D eigenvalue weighted by molar-refractivity contribution is 7.89. The van der Waals surface area contributed by atoms with Crippen molar-refractivity contribution in [2.45, 2.75) is 44.0 Å². The third-order valence-corrected chi connectivity index (χ3v) is 5.57. The van der Waals surface area contributed by atoms with Crippen LogP contribution in [-0.4, -0.2) is 15.5 Å². The zero-order valence-electron chi connectivity index (χ0n) is 14.6. The van der Waals surface area contributed by atoms with E-state index in [9.17, 15) is 8.42 Å². The van der Waals surface area contributed by atoms with Crippen LogP contribution in [0.2, 0.25) is 0 Å². The molecule has 1 unspecified atom stereocenters. The van der Waals surface area contributed by atoms with E-state index in [1.54, 1.807) is 31.4 Å². The lowest BCUT2D eigenvalue weighted by molar-refractivity contribution is 0.414. The van der Waals surface area contributed by atoms with Gasteiger partial charge in [0.25, 0.3) is 0 Å². The summed E-state index contributed by atoms with van der Waals surface area (Å²) in [4.78, 5) is 0.237. The first kappa shape index (κ1) is 18.5. The summed E-state index contributed by atoms with van der Waals surface area (Å²) in [7, 11) is -2.03. The van der Waals surface area contributed by atoms with Crippen molar-refractivity contribution in [1.29, 1.82) is 0 Å². The highest BCUT2D eigenvalue weighted by atomic mass is 32.2. The summed E-state index contributed by atoms with van der Waals surface area (Å²) in [5.74, 6) is 1.08. The molecule has 0 heterocycles.